The highest BCUT2D eigenvalue weighted by Gasteiger charge is 2.21. The van der Waals surface area contributed by atoms with Crippen molar-refractivity contribution in [2.75, 3.05) is 10.6 Å². The van der Waals surface area contributed by atoms with E-state index in [1.165, 1.54) is 6.33 Å². The van der Waals surface area contributed by atoms with Crippen molar-refractivity contribution in [3.63, 3.8) is 0 Å². The summed E-state index contributed by atoms with van der Waals surface area (Å²) in [5.41, 5.74) is 1.40. The third-order valence-electron chi connectivity index (χ3n) is 4.65. The zero-order chi connectivity index (χ0) is 19.8. The molecular weight excluding hydrogens is 374 g/mol. The van der Waals surface area contributed by atoms with Gasteiger partial charge in [0.05, 0.1) is 11.4 Å². The Morgan fingerprint density at radius 3 is 2.66 bits per heavy atom. The molecule has 3 aromatic heterocycles. The molecule has 1 aliphatic carbocycles. The zero-order valence-electron chi connectivity index (χ0n) is 15.2. The molecule has 2 N–H and O–H groups in total. The van der Waals surface area contributed by atoms with Gasteiger partial charge in [-0.05, 0) is 49.2 Å². The van der Waals surface area contributed by atoms with Crippen LogP contribution in [-0.2, 0) is 0 Å². The van der Waals surface area contributed by atoms with Crippen molar-refractivity contribution in [2.24, 2.45) is 0 Å². The number of nitrogens with zero attached hydrogens (tertiary/aromatic N) is 4. The van der Waals surface area contributed by atoms with Crippen molar-refractivity contribution in [2.45, 2.75) is 18.9 Å². The van der Waals surface area contributed by atoms with Crippen LogP contribution in [0.25, 0.3) is 22.3 Å². The molecule has 5 rings (SSSR count). The highest BCUT2D eigenvalue weighted by molar-refractivity contribution is 5.93. The molecule has 1 fully saturated rings. The van der Waals surface area contributed by atoms with Gasteiger partial charge in [-0.15, -0.1) is 0 Å². The van der Waals surface area contributed by atoms with Crippen molar-refractivity contribution in [1.29, 1.82) is 0 Å². The summed E-state index contributed by atoms with van der Waals surface area (Å²) in [7, 11) is 0. The molecule has 0 bridgehead atoms. The second-order valence-electron chi connectivity index (χ2n) is 6.89. The van der Waals surface area contributed by atoms with Crippen LogP contribution >= 0.6 is 0 Å². The average Bonchev–Trinajstić information content (AvgIpc) is 3.54. The summed E-state index contributed by atoms with van der Waals surface area (Å²) in [6.45, 7) is 0. The molecule has 0 amide bonds. The third kappa shape index (κ3) is 3.69. The minimum Gasteiger partial charge on any atom is -0.367 e. The van der Waals surface area contributed by atoms with Crippen LogP contribution in [0.4, 0.5) is 26.1 Å². The number of pyridine rings is 2. The summed E-state index contributed by atoms with van der Waals surface area (Å²) in [6, 6.07) is 10.9. The summed E-state index contributed by atoms with van der Waals surface area (Å²) in [5.74, 6) is 0.214. The fourth-order valence-corrected chi connectivity index (χ4v) is 3.07. The van der Waals surface area contributed by atoms with Crippen LogP contribution < -0.4 is 10.6 Å². The van der Waals surface area contributed by atoms with Crippen LogP contribution in [0.5, 0.6) is 0 Å². The molecular formula is C21H16F2N6. The lowest BCUT2D eigenvalue weighted by Crippen LogP contribution is -2.05. The summed E-state index contributed by atoms with van der Waals surface area (Å²) < 4.78 is 28.0. The third-order valence-corrected chi connectivity index (χ3v) is 4.65. The van der Waals surface area contributed by atoms with E-state index >= 15 is 0 Å². The smallest absolute Gasteiger partial charge is 0.161 e. The van der Waals surface area contributed by atoms with Crippen LogP contribution in [0, 0.1) is 11.6 Å². The van der Waals surface area contributed by atoms with E-state index in [1.807, 2.05) is 12.1 Å². The minimum absolute atomic E-state index is 0.0689. The van der Waals surface area contributed by atoms with Crippen LogP contribution in [0.15, 0.2) is 55.0 Å². The molecule has 0 saturated heterocycles. The number of halogens is 2. The molecule has 0 atom stereocenters. The summed E-state index contributed by atoms with van der Waals surface area (Å²) in [6.07, 6.45) is 5.35. The molecule has 0 unspecified atom stereocenters. The van der Waals surface area contributed by atoms with Gasteiger partial charge in [0.15, 0.2) is 5.65 Å². The van der Waals surface area contributed by atoms with Gasteiger partial charge >= 0.3 is 0 Å². The summed E-state index contributed by atoms with van der Waals surface area (Å²) >= 11 is 0. The SMILES string of the molecule is Fc1ccc(F)c(-c2cc(Nc3cc(NC4CC4)ncn3)c3cccnc3n2)c1. The Morgan fingerprint density at radius 1 is 0.931 bits per heavy atom. The lowest BCUT2D eigenvalue weighted by atomic mass is 10.1. The molecule has 1 aliphatic rings. The van der Waals surface area contributed by atoms with E-state index in [2.05, 4.69) is 30.6 Å². The van der Waals surface area contributed by atoms with Crippen LogP contribution in [0.2, 0.25) is 0 Å². The van der Waals surface area contributed by atoms with Crippen molar-refractivity contribution < 1.29 is 8.78 Å². The minimum atomic E-state index is -0.557. The maximum absolute atomic E-state index is 14.3. The van der Waals surface area contributed by atoms with Gasteiger partial charge in [-0.1, -0.05) is 0 Å². The van der Waals surface area contributed by atoms with Crippen LogP contribution in [-0.4, -0.2) is 26.0 Å². The Labute approximate surface area is 165 Å². The number of rotatable bonds is 5. The molecule has 1 saturated carbocycles. The number of anilines is 3. The van der Waals surface area contributed by atoms with Crippen molar-refractivity contribution in [3.05, 3.63) is 66.6 Å². The molecule has 29 heavy (non-hydrogen) atoms. The molecule has 0 aliphatic heterocycles. The van der Waals surface area contributed by atoms with Gasteiger partial charge < -0.3 is 10.6 Å². The lowest BCUT2D eigenvalue weighted by Gasteiger charge is -2.12. The van der Waals surface area contributed by atoms with Gasteiger partial charge in [-0.3, -0.25) is 0 Å². The van der Waals surface area contributed by atoms with E-state index in [9.17, 15) is 8.78 Å². The van der Waals surface area contributed by atoms with Gasteiger partial charge in [0.2, 0.25) is 0 Å². The Hall–Kier alpha value is -3.68. The first-order chi connectivity index (χ1) is 14.2. The number of fused-ring (bicyclic) bond motifs is 1. The highest BCUT2D eigenvalue weighted by atomic mass is 19.1. The second kappa shape index (κ2) is 7.05. The fourth-order valence-electron chi connectivity index (χ4n) is 3.07. The highest BCUT2D eigenvalue weighted by Crippen LogP contribution is 2.31. The van der Waals surface area contributed by atoms with Gasteiger partial charge in [-0.25, -0.2) is 28.7 Å². The molecule has 144 valence electrons. The monoisotopic (exact) mass is 390 g/mol. The first-order valence-electron chi connectivity index (χ1n) is 9.22. The first-order valence-corrected chi connectivity index (χ1v) is 9.22. The molecule has 6 nitrogen and oxygen atoms in total. The Morgan fingerprint density at radius 2 is 1.79 bits per heavy atom. The number of hydrogen-bond acceptors (Lipinski definition) is 6. The quantitative estimate of drug-likeness (QED) is 0.515. The van der Waals surface area contributed by atoms with Crippen molar-refractivity contribution >= 4 is 28.4 Å². The van der Waals surface area contributed by atoms with Gasteiger partial charge in [0.1, 0.15) is 29.6 Å². The van der Waals surface area contributed by atoms with E-state index in [1.54, 1.807) is 18.3 Å². The van der Waals surface area contributed by atoms with E-state index in [-0.39, 0.29) is 11.3 Å². The number of aromatic nitrogens is 4. The number of hydrogen-bond donors (Lipinski definition) is 2. The van der Waals surface area contributed by atoms with Crippen molar-refractivity contribution in [1.82, 2.24) is 19.9 Å². The van der Waals surface area contributed by atoms with E-state index in [0.29, 0.717) is 23.2 Å². The normalized spacial score (nSPS) is 13.4. The van der Waals surface area contributed by atoms with Crippen LogP contribution in [0.1, 0.15) is 12.8 Å². The molecule has 0 spiro atoms. The van der Waals surface area contributed by atoms with Gasteiger partial charge in [-0.2, -0.15) is 0 Å². The van der Waals surface area contributed by atoms with E-state index in [4.69, 9.17) is 0 Å². The van der Waals surface area contributed by atoms with Crippen molar-refractivity contribution in [3.8, 4) is 11.3 Å². The lowest BCUT2D eigenvalue weighted by molar-refractivity contribution is 0.602. The molecule has 8 heteroatoms. The molecule has 3 heterocycles. The van der Waals surface area contributed by atoms with E-state index < -0.39 is 11.6 Å². The maximum Gasteiger partial charge on any atom is 0.161 e. The Bertz CT molecular complexity index is 1210. The fraction of sp³-hybridized carbons (Fsp3) is 0.143. The average molecular weight is 390 g/mol. The predicted octanol–water partition coefficient (Wildman–Crippen LogP) is 4.68. The summed E-state index contributed by atoms with van der Waals surface area (Å²) in [4.78, 5) is 17.2. The topological polar surface area (TPSA) is 75.6 Å². The summed E-state index contributed by atoms with van der Waals surface area (Å²) in [5, 5.41) is 7.30. The second-order valence-corrected chi connectivity index (χ2v) is 6.89. The van der Waals surface area contributed by atoms with Gasteiger partial charge in [0, 0.05) is 29.3 Å². The Kier molecular flexibility index (Phi) is 4.23. The predicted molar refractivity (Wildman–Crippen MR) is 107 cm³/mol. The maximum atomic E-state index is 14.3. The number of nitrogens with one attached hydrogen (secondary N) is 2. The Balaban J connectivity index is 1.58. The molecule has 0 radical (unpaired) electrons. The van der Waals surface area contributed by atoms with E-state index in [0.717, 1.165) is 42.2 Å². The standard InChI is InChI=1S/C21H16F2N6/c22-12-3-6-16(23)15(8-12)18-9-17(14-2-1-7-24-21(14)29-18)28-20-10-19(25-11-26-20)27-13-4-5-13/h1-3,6-11,13H,4-5H2,(H2,24,25,26,27,28,29). The zero-order valence-corrected chi connectivity index (χ0v) is 15.2. The largest absolute Gasteiger partial charge is 0.367 e. The van der Waals surface area contributed by atoms with Crippen LogP contribution in [0.3, 0.4) is 0 Å². The first kappa shape index (κ1) is 17.4. The molecule has 4 aromatic rings. The van der Waals surface area contributed by atoms with Gasteiger partial charge in [0.25, 0.3) is 0 Å². The number of benzene rings is 1. The molecule has 1 aromatic carbocycles.